The van der Waals surface area contributed by atoms with E-state index in [4.69, 9.17) is 13.9 Å². The lowest BCUT2D eigenvalue weighted by molar-refractivity contribution is -0.148. The Labute approximate surface area is 213 Å². The van der Waals surface area contributed by atoms with Gasteiger partial charge in [-0.05, 0) is 83.3 Å². The fourth-order valence-corrected chi connectivity index (χ4v) is 5.00. The van der Waals surface area contributed by atoms with Crippen LogP contribution in [0.5, 0.6) is 0 Å². The largest absolute Gasteiger partial charge is 0.457 e. The van der Waals surface area contributed by atoms with Crippen molar-refractivity contribution in [2.45, 2.75) is 110 Å². The number of likely N-dealkylation sites (tertiary alicyclic amines) is 1. The van der Waals surface area contributed by atoms with Crippen LogP contribution >= 0.6 is 0 Å². The summed E-state index contributed by atoms with van der Waals surface area (Å²) in [5.74, 6) is -0.376. The van der Waals surface area contributed by atoms with Gasteiger partial charge in [0.15, 0.2) is 8.32 Å². The summed E-state index contributed by atoms with van der Waals surface area (Å²) in [6.07, 6.45) is 3.53. The Morgan fingerprint density at radius 2 is 1.46 bits per heavy atom. The molecule has 1 saturated heterocycles. The molecule has 196 valence electrons. The molecule has 0 spiro atoms. The number of rotatable bonds is 5. The van der Waals surface area contributed by atoms with Crippen LogP contribution in [0.1, 0.15) is 85.9 Å². The summed E-state index contributed by atoms with van der Waals surface area (Å²) < 4.78 is 17.7. The first-order valence-electron chi connectivity index (χ1n) is 12.5. The molecule has 1 amide bonds. The Morgan fingerprint density at radius 1 is 0.914 bits per heavy atom. The van der Waals surface area contributed by atoms with Crippen molar-refractivity contribution >= 4 is 26.5 Å². The van der Waals surface area contributed by atoms with Crippen LogP contribution in [0, 0.1) is 0 Å². The van der Waals surface area contributed by atoms with Gasteiger partial charge in [0.05, 0.1) is 12.1 Å². The molecular weight excluding hydrogens is 458 g/mol. The van der Waals surface area contributed by atoms with E-state index in [-0.39, 0.29) is 29.2 Å². The van der Waals surface area contributed by atoms with E-state index in [1.165, 1.54) is 6.08 Å². The van der Waals surface area contributed by atoms with E-state index in [0.29, 0.717) is 6.54 Å². The van der Waals surface area contributed by atoms with Crippen LogP contribution in [0.2, 0.25) is 18.1 Å². The minimum absolute atomic E-state index is 0.0415. The molecule has 0 radical (unpaired) electrons. The first-order valence-corrected chi connectivity index (χ1v) is 15.4. The Hall–Kier alpha value is -2.12. The lowest BCUT2D eigenvalue weighted by Gasteiger charge is -2.38. The average molecular weight is 504 g/mol. The van der Waals surface area contributed by atoms with Gasteiger partial charge in [-0.2, -0.15) is 0 Å². The zero-order chi connectivity index (χ0) is 26.8. The van der Waals surface area contributed by atoms with Gasteiger partial charge in [0.2, 0.25) is 0 Å². The Morgan fingerprint density at radius 3 is 1.94 bits per heavy atom. The predicted octanol–water partition coefficient (Wildman–Crippen LogP) is 7.11. The Bertz CT molecular complexity index is 917. The standard InChI is InChI=1S/C28H45NO5Si/c1-26(2,3)32-24(30)17-14-20-12-15-21(16-13-20)23-18-22(34-35(10,11)28(7,8)9)19-29(23)25(31)33-27(4,5)6/h12-17,22-23H,18-19H2,1-11H3/b17-14+/t22-,23-/m1/s1. The smallest absolute Gasteiger partial charge is 0.410 e. The lowest BCUT2D eigenvalue weighted by Crippen LogP contribution is -2.45. The van der Waals surface area contributed by atoms with E-state index in [9.17, 15) is 9.59 Å². The Balaban J connectivity index is 2.23. The van der Waals surface area contributed by atoms with E-state index in [1.54, 1.807) is 11.0 Å². The first kappa shape index (κ1) is 29.1. The first-order chi connectivity index (χ1) is 15.8. The highest BCUT2D eigenvalue weighted by molar-refractivity contribution is 6.74. The molecule has 0 saturated carbocycles. The average Bonchev–Trinajstić information content (AvgIpc) is 3.06. The summed E-state index contributed by atoms with van der Waals surface area (Å²) in [6, 6.07) is 7.78. The van der Waals surface area contributed by atoms with Crippen molar-refractivity contribution in [3.63, 3.8) is 0 Å². The van der Waals surface area contributed by atoms with Gasteiger partial charge in [0, 0.05) is 12.6 Å². The van der Waals surface area contributed by atoms with Crippen LogP contribution in [0.3, 0.4) is 0 Å². The maximum atomic E-state index is 13.1. The van der Waals surface area contributed by atoms with E-state index in [0.717, 1.165) is 17.5 Å². The number of esters is 1. The van der Waals surface area contributed by atoms with Crippen molar-refractivity contribution in [3.05, 3.63) is 41.5 Å². The third-order valence-electron chi connectivity index (χ3n) is 6.30. The molecule has 7 heteroatoms. The minimum atomic E-state index is -1.99. The second-order valence-electron chi connectivity index (χ2n) is 12.9. The normalized spacial score (nSPS) is 19.8. The molecule has 1 aromatic carbocycles. The number of nitrogens with zero attached hydrogens (tertiary/aromatic N) is 1. The van der Waals surface area contributed by atoms with Crippen molar-refractivity contribution in [1.29, 1.82) is 0 Å². The van der Waals surface area contributed by atoms with Crippen LogP contribution in [-0.2, 0) is 18.7 Å². The summed E-state index contributed by atoms with van der Waals surface area (Å²) in [5, 5.41) is 0.0873. The molecule has 2 atom stereocenters. The van der Waals surface area contributed by atoms with Gasteiger partial charge >= 0.3 is 12.1 Å². The summed E-state index contributed by atoms with van der Waals surface area (Å²) in [5.41, 5.74) is 0.806. The van der Waals surface area contributed by atoms with Crippen molar-refractivity contribution in [3.8, 4) is 0 Å². The molecule has 6 nitrogen and oxygen atoms in total. The van der Waals surface area contributed by atoms with Gasteiger partial charge in [-0.25, -0.2) is 9.59 Å². The summed E-state index contributed by atoms with van der Waals surface area (Å²) in [4.78, 5) is 26.9. The van der Waals surface area contributed by atoms with Gasteiger partial charge < -0.3 is 13.9 Å². The highest BCUT2D eigenvalue weighted by Crippen LogP contribution is 2.41. The quantitative estimate of drug-likeness (QED) is 0.243. The van der Waals surface area contributed by atoms with Crippen LogP contribution in [0.4, 0.5) is 4.79 Å². The molecule has 0 unspecified atom stereocenters. The number of carbonyl (C=O) groups is 2. The second-order valence-corrected chi connectivity index (χ2v) is 17.7. The zero-order valence-corrected chi connectivity index (χ0v) is 24.5. The number of amides is 1. The van der Waals surface area contributed by atoms with Crippen molar-refractivity contribution in [2.24, 2.45) is 0 Å². The number of benzene rings is 1. The number of carbonyl (C=O) groups excluding carboxylic acids is 2. The molecule has 1 fully saturated rings. The lowest BCUT2D eigenvalue weighted by atomic mass is 10.0. The summed E-state index contributed by atoms with van der Waals surface area (Å²) in [6.45, 7) is 22.8. The summed E-state index contributed by atoms with van der Waals surface area (Å²) >= 11 is 0. The van der Waals surface area contributed by atoms with Crippen molar-refractivity contribution in [1.82, 2.24) is 4.90 Å². The monoisotopic (exact) mass is 503 g/mol. The number of hydrogen-bond acceptors (Lipinski definition) is 5. The zero-order valence-electron chi connectivity index (χ0n) is 23.5. The van der Waals surface area contributed by atoms with Crippen LogP contribution in [0.15, 0.2) is 30.3 Å². The fraction of sp³-hybridized carbons (Fsp3) is 0.643. The second kappa shape index (κ2) is 10.5. The molecule has 0 aliphatic carbocycles. The third-order valence-corrected chi connectivity index (χ3v) is 10.8. The van der Waals surface area contributed by atoms with Crippen LogP contribution in [0.25, 0.3) is 6.08 Å². The highest BCUT2D eigenvalue weighted by Gasteiger charge is 2.44. The maximum absolute atomic E-state index is 13.1. The molecular formula is C28H45NO5Si. The number of ether oxygens (including phenoxy) is 2. The van der Waals surface area contributed by atoms with Gasteiger partial charge in [-0.3, -0.25) is 4.90 Å². The van der Waals surface area contributed by atoms with Crippen molar-refractivity contribution < 1.29 is 23.5 Å². The van der Waals surface area contributed by atoms with Crippen molar-refractivity contribution in [2.75, 3.05) is 6.54 Å². The number of hydrogen-bond donors (Lipinski definition) is 0. The van der Waals surface area contributed by atoms with E-state index in [1.807, 2.05) is 65.8 Å². The maximum Gasteiger partial charge on any atom is 0.410 e. The van der Waals surface area contributed by atoms with E-state index < -0.39 is 19.5 Å². The Kier molecular flexibility index (Phi) is 8.71. The molecule has 0 N–H and O–H groups in total. The molecule has 35 heavy (non-hydrogen) atoms. The highest BCUT2D eigenvalue weighted by atomic mass is 28.4. The summed E-state index contributed by atoms with van der Waals surface area (Å²) in [7, 11) is -1.99. The van der Waals surface area contributed by atoms with Gasteiger partial charge in [-0.15, -0.1) is 0 Å². The molecule has 1 heterocycles. The third kappa shape index (κ3) is 8.80. The fourth-order valence-electron chi connectivity index (χ4n) is 3.64. The van der Waals surface area contributed by atoms with Gasteiger partial charge in [-0.1, -0.05) is 45.0 Å². The van der Waals surface area contributed by atoms with Gasteiger partial charge in [0.25, 0.3) is 0 Å². The SMILES string of the molecule is CC(C)(C)OC(=O)/C=C/c1ccc([C@H]2C[C@@H](O[Si](C)(C)C(C)(C)C)CN2C(=O)OC(C)(C)C)cc1. The van der Waals surface area contributed by atoms with Crippen LogP contribution in [-0.4, -0.2) is 49.1 Å². The molecule has 1 aliphatic rings. The van der Waals surface area contributed by atoms with E-state index in [2.05, 4.69) is 33.9 Å². The topological polar surface area (TPSA) is 65.1 Å². The predicted molar refractivity (Wildman–Crippen MR) is 144 cm³/mol. The molecule has 0 bridgehead atoms. The molecule has 0 aromatic heterocycles. The van der Waals surface area contributed by atoms with Gasteiger partial charge in [0.1, 0.15) is 11.2 Å². The molecule has 1 aromatic rings. The van der Waals surface area contributed by atoms with Crippen LogP contribution < -0.4 is 0 Å². The molecule has 1 aliphatic heterocycles. The minimum Gasteiger partial charge on any atom is -0.457 e. The molecule has 2 rings (SSSR count). The van der Waals surface area contributed by atoms with E-state index >= 15 is 0 Å².